The van der Waals surface area contributed by atoms with Gasteiger partial charge in [-0.25, -0.2) is 4.98 Å². The molecule has 164 valence electrons. The molecule has 0 aliphatic carbocycles. The zero-order chi connectivity index (χ0) is 22.5. The lowest BCUT2D eigenvalue weighted by Gasteiger charge is -2.08. The number of fused-ring (bicyclic) bond motifs is 1. The summed E-state index contributed by atoms with van der Waals surface area (Å²) in [5, 5.41) is 4.06. The average molecular weight is 466 g/mol. The highest BCUT2D eigenvalue weighted by atomic mass is 32.2. The number of ether oxygens (including phenoxy) is 1. The van der Waals surface area contributed by atoms with Gasteiger partial charge in [0.15, 0.2) is 5.16 Å². The Balaban J connectivity index is 1.38. The Bertz CT molecular complexity index is 1280. The number of thioether (sulfide) groups is 1. The van der Waals surface area contributed by atoms with Crippen molar-refractivity contribution in [3.8, 4) is 16.2 Å². The van der Waals surface area contributed by atoms with Gasteiger partial charge in [-0.2, -0.15) is 0 Å². The van der Waals surface area contributed by atoms with Gasteiger partial charge in [0.2, 0.25) is 5.91 Å². The van der Waals surface area contributed by atoms with E-state index in [-0.39, 0.29) is 17.2 Å². The molecule has 0 bridgehead atoms. The van der Waals surface area contributed by atoms with Gasteiger partial charge < -0.3 is 10.1 Å². The molecule has 2 aromatic carbocycles. The molecule has 32 heavy (non-hydrogen) atoms. The third kappa shape index (κ3) is 5.03. The van der Waals surface area contributed by atoms with E-state index in [0.717, 1.165) is 28.2 Å². The van der Waals surface area contributed by atoms with Crippen LogP contribution in [0.5, 0.6) is 5.75 Å². The number of hydrogen-bond donors (Lipinski definition) is 1. The maximum Gasteiger partial charge on any atom is 0.262 e. The number of nitrogens with one attached hydrogen (secondary N) is 1. The number of benzene rings is 2. The third-order valence-electron chi connectivity index (χ3n) is 5.02. The van der Waals surface area contributed by atoms with Crippen LogP contribution in [0.25, 0.3) is 20.7 Å². The maximum absolute atomic E-state index is 12.8. The molecule has 4 aromatic rings. The van der Waals surface area contributed by atoms with E-state index in [1.807, 2.05) is 60.7 Å². The third-order valence-corrected chi connectivity index (χ3v) is 7.13. The van der Waals surface area contributed by atoms with Gasteiger partial charge in [0.1, 0.15) is 10.6 Å². The largest absolute Gasteiger partial charge is 0.497 e. The standard InChI is InChI=1S/C24H23N3O3S2/c1-27-23(29)19-14-20(17-6-4-3-5-7-17)32-22(19)26-24(27)31-15-21(28)25-13-12-16-8-10-18(30-2)11-9-16/h3-11,14H,12-13,15H2,1-2H3,(H,25,28). The van der Waals surface area contributed by atoms with Gasteiger partial charge in [-0.15, -0.1) is 11.3 Å². The summed E-state index contributed by atoms with van der Waals surface area (Å²) in [5.41, 5.74) is 2.08. The summed E-state index contributed by atoms with van der Waals surface area (Å²) >= 11 is 2.76. The molecule has 0 aliphatic heterocycles. The predicted molar refractivity (Wildman–Crippen MR) is 131 cm³/mol. The van der Waals surface area contributed by atoms with Crippen molar-refractivity contribution in [1.82, 2.24) is 14.9 Å². The summed E-state index contributed by atoms with van der Waals surface area (Å²) in [6.45, 7) is 0.544. The van der Waals surface area contributed by atoms with Crippen molar-refractivity contribution in [1.29, 1.82) is 0 Å². The van der Waals surface area contributed by atoms with Crippen LogP contribution in [0.15, 0.2) is 70.6 Å². The topological polar surface area (TPSA) is 73.2 Å². The second kappa shape index (κ2) is 10.0. The van der Waals surface area contributed by atoms with Gasteiger partial charge in [-0.3, -0.25) is 14.2 Å². The van der Waals surface area contributed by atoms with Crippen molar-refractivity contribution in [2.45, 2.75) is 11.6 Å². The first-order valence-corrected chi connectivity index (χ1v) is 11.9. The van der Waals surface area contributed by atoms with Crippen LogP contribution in [0.4, 0.5) is 0 Å². The maximum atomic E-state index is 12.8. The molecule has 0 spiro atoms. The van der Waals surface area contributed by atoms with Gasteiger partial charge in [0.05, 0.1) is 18.2 Å². The quantitative estimate of drug-likeness (QED) is 0.313. The van der Waals surface area contributed by atoms with Crippen LogP contribution in [0.3, 0.4) is 0 Å². The van der Waals surface area contributed by atoms with Crippen molar-refractivity contribution in [3.63, 3.8) is 0 Å². The van der Waals surface area contributed by atoms with E-state index in [9.17, 15) is 9.59 Å². The number of thiophene rings is 1. The van der Waals surface area contributed by atoms with E-state index in [1.54, 1.807) is 14.2 Å². The minimum atomic E-state index is -0.101. The summed E-state index contributed by atoms with van der Waals surface area (Å²) < 4.78 is 6.67. The minimum Gasteiger partial charge on any atom is -0.497 e. The minimum absolute atomic E-state index is 0.0889. The fourth-order valence-electron chi connectivity index (χ4n) is 3.24. The van der Waals surface area contributed by atoms with Gasteiger partial charge in [-0.05, 0) is 35.7 Å². The Hall–Kier alpha value is -3.10. The highest BCUT2D eigenvalue weighted by Gasteiger charge is 2.14. The molecule has 6 nitrogen and oxygen atoms in total. The lowest BCUT2D eigenvalue weighted by atomic mass is 10.1. The lowest BCUT2D eigenvalue weighted by Crippen LogP contribution is -2.28. The average Bonchev–Trinajstić information content (AvgIpc) is 3.26. The van der Waals surface area contributed by atoms with Crippen molar-refractivity contribution < 1.29 is 9.53 Å². The zero-order valence-corrected chi connectivity index (χ0v) is 19.5. The van der Waals surface area contributed by atoms with E-state index in [2.05, 4.69) is 10.3 Å². The van der Waals surface area contributed by atoms with Crippen LogP contribution in [-0.4, -0.2) is 34.9 Å². The number of carbonyl (C=O) groups is 1. The summed E-state index contributed by atoms with van der Waals surface area (Å²) in [6, 6.07) is 19.6. The summed E-state index contributed by atoms with van der Waals surface area (Å²) in [7, 11) is 3.33. The van der Waals surface area contributed by atoms with E-state index >= 15 is 0 Å². The van der Waals surface area contributed by atoms with Crippen LogP contribution in [0.1, 0.15) is 5.56 Å². The van der Waals surface area contributed by atoms with Crippen LogP contribution in [0.2, 0.25) is 0 Å². The molecule has 0 saturated carbocycles. The van der Waals surface area contributed by atoms with Crippen LogP contribution in [0, 0.1) is 0 Å². The number of nitrogens with zero attached hydrogens (tertiary/aromatic N) is 2. The van der Waals surface area contributed by atoms with Crippen molar-refractivity contribution in [2.24, 2.45) is 7.05 Å². The van der Waals surface area contributed by atoms with E-state index in [4.69, 9.17) is 4.74 Å². The van der Waals surface area contributed by atoms with Gasteiger partial charge in [-0.1, -0.05) is 54.2 Å². The van der Waals surface area contributed by atoms with Crippen molar-refractivity contribution in [2.75, 3.05) is 19.4 Å². The molecule has 0 saturated heterocycles. The van der Waals surface area contributed by atoms with E-state index in [0.29, 0.717) is 21.9 Å². The molecule has 0 radical (unpaired) electrons. The second-order valence-corrected chi connectivity index (χ2v) is 9.16. The van der Waals surface area contributed by atoms with Crippen LogP contribution >= 0.6 is 23.1 Å². The van der Waals surface area contributed by atoms with Gasteiger partial charge in [0, 0.05) is 18.5 Å². The van der Waals surface area contributed by atoms with Crippen molar-refractivity contribution in [3.05, 3.63) is 76.6 Å². The molecule has 1 N–H and O–H groups in total. The first-order chi connectivity index (χ1) is 15.5. The molecule has 8 heteroatoms. The molecule has 0 aliphatic rings. The molecule has 0 atom stereocenters. The zero-order valence-electron chi connectivity index (χ0n) is 17.8. The molecule has 2 aromatic heterocycles. The Labute approximate surface area is 194 Å². The summed E-state index contributed by atoms with van der Waals surface area (Å²) in [5.74, 6) is 0.922. The Morgan fingerprint density at radius 1 is 1.16 bits per heavy atom. The van der Waals surface area contributed by atoms with Crippen LogP contribution < -0.4 is 15.6 Å². The molecule has 0 unspecified atom stereocenters. The smallest absolute Gasteiger partial charge is 0.262 e. The molecule has 1 amide bonds. The van der Waals surface area contributed by atoms with Crippen LogP contribution in [-0.2, 0) is 18.3 Å². The number of aromatic nitrogens is 2. The molecule has 4 rings (SSSR count). The highest BCUT2D eigenvalue weighted by Crippen LogP contribution is 2.31. The first-order valence-electron chi connectivity index (χ1n) is 10.1. The number of rotatable bonds is 8. The van der Waals surface area contributed by atoms with E-state index in [1.165, 1.54) is 27.7 Å². The first kappa shape index (κ1) is 22.1. The number of methoxy groups -OCH3 is 1. The second-order valence-electron chi connectivity index (χ2n) is 7.19. The fraction of sp³-hybridized carbons (Fsp3) is 0.208. The summed E-state index contributed by atoms with van der Waals surface area (Å²) in [4.78, 5) is 31.5. The van der Waals surface area contributed by atoms with E-state index < -0.39 is 0 Å². The number of carbonyl (C=O) groups excluding carboxylic acids is 1. The van der Waals surface area contributed by atoms with Gasteiger partial charge >= 0.3 is 0 Å². The normalized spacial score (nSPS) is 10.9. The fourth-order valence-corrected chi connectivity index (χ4v) is 5.12. The SMILES string of the molecule is COc1ccc(CCNC(=O)CSc2nc3sc(-c4ccccc4)cc3c(=O)n2C)cc1. The number of amides is 1. The molecule has 0 fully saturated rings. The number of hydrogen-bond acceptors (Lipinski definition) is 6. The Morgan fingerprint density at radius 2 is 1.91 bits per heavy atom. The lowest BCUT2D eigenvalue weighted by molar-refractivity contribution is -0.118. The predicted octanol–water partition coefficient (Wildman–Crippen LogP) is 4.12. The monoisotopic (exact) mass is 465 g/mol. The molecule has 2 heterocycles. The summed E-state index contributed by atoms with van der Waals surface area (Å²) in [6.07, 6.45) is 0.737. The Morgan fingerprint density at radius 3 is 2.62 bits per heavy atom. The van der Waals surface area contributed by atoms with Gasteiger partial charge in [0.25, 0.3) is 5.56 Å². The highest BCUT2D eigenvalue weighted by molar-refractivity contribution is 7.99. The molecular weight excluding hydrogens is 442 g/mol. The molecular formula is C24H23N3O3S2. The van der Waals surface area contributed by atoms with Crippen molar-refractivity contribution >= 4 is 39.2 Å². The Kier molecular flexibility index (Phi) is 6.92.